The highest BCUT2D eigenvalue weighted by Crippen LogP contribution is 2.22. The van der Waals surface area contributed by atoms with E-state index in [4.69, 9.17) is 9.47 Å². The van der Waals surface area contributed by atoms with Crippen LogP contribution in [0.25, 0.3) is 11.1 Å². The summed E-state index contributed by atoms with van der Waals surface area (Å²) >= 11 is 0. The predicted octanol–water partition coefficient (Wildman–Crippen LogP) is 3.98. The standard InChI is InChI=1S/C19H22O3/c1-19(2,22-14-13-21-3)18(20)17-11-9-16(10-12-17)15-7-5-4-6-8-15/h4-12H,13-14H2,1-3H3. The smallest absolute Gasteiger partial charge is 0.194 e. The van der Waals surface area contributed by atoms with Crippen LogP contribution in [0.5, 0.6) is 0 Å². The molecule has 0 saturated carbocycles. The van der Waals surface area contributed by atoms with Crippen molar-refractivity contribution < 1.29 is 14.3 Å². The summed E-state index contributed by atoms with van der Waals surface area (Å²) in [6.45, 7) is 4.45. The van der Waals surface area contributed by atoms with Gasteiger partial charge in [0.05, 0.1) is 13.2 Å². The van der Waals surface area contributed by atoms with Crippen LogP contribution in [0.3, 0.4) is 0 Å². The molecular weight excluding hydrogens is 276 g/mol. The van der Waals surface area contributed by atoms with Crippen LogP contribution in [0.4, 0.5) is 0 Å². The molecule has 0 saturated heterocycles. The molecule has 2 aromatic carbocycles. The maximum atomic E-state index is 12.5. The third-order valence-corrected chi connectivity index (χ3v) is 3.55. The van der Waals surface area contributed by atoms with E-state index in [0.29, 0.717) is 18.8 Å². The van der Waals surface area contributed by atoms with Crippen molar-refractivity contribution in [2.24, 2.45) is 0 Å². The third-order valence-electron chi connectivity index (χ3n) is 3.55. The number of carbonyl (C=O) groups excluding carboxylic acids is 1. The molecule has 0 aliphatic rings. The van der Waals surface area contributed by atoms with Gasteiger partial charge in [0.1, 0.15) is 5.60 Å². The van der Waals surface area contributed by atoms with Crippen molar-refractivity contribution in [1.29, 1.82) is 0 Å². The van der Waals surface area contributed by atoms with Crippen molar-refractivity contribution in [3.63, 3.8) is 0 Å². The van der Waals surface area contributed by atoms with E-state index in [0.717, 1.165) is 11.1 Å². The van der Waals surface area contributed by atoms with Gasteiger partial charge in [-0.25, -0.2) is 0 Å². The third kappa shape index (κ3) is 4.03. The molecule has 0 amide bonds. The number of hydrogen-bond donors (Lipinski definition) is 0. The molecule has 0 bridgehead atoms. The van der Waals surface area contributed by atoms with Crippen LogP contribution in [0.15, 0.2) is 54.6 Å². The average molecular weight is 298 g/mol. The molecule has 0 aromatic heterocycles. The molecule has 0 atom stereocenters. The van der Waals surface area contributed by atoms with Crippen molar-refractivity contribution in [2.75, 3.05) is 20.3 Å². The van der Waals surface area contributed by atoms with Crippen molar-refractivity contribution in [3.05, 3.63) is 60.2 Å². The molecule has 2 aromatic rings. The number of benzene rings is 2. The number of Topliss-reactive ketones (excluding diaryl/α,β-unsaturated/α-hetero) is 1. The second-order valence-corrected chi connectivity index (χ2v) is 5.62. The van der Waals surface area contributed by atoms with Gasteiger partial charge in [-0.1, -0.05) is 54.6 Å². The lowest BCUT2D eigenvalue weighted by Gasteiger charge is -2.23. The molecule has 3 heteroatoms. The largest absolute Gasteiger partial charge is 0.382 e. The fourth-order valence-electron chi connectivity index (χ4n) is 2.24. The van der Waals surface area contributed by atoms with E-state index < -0.39 is 5.60 Å². The van der Waals surface area contributed by atoms with E-state index in [9.17, 15) is 4.79 Å². The van der Waals surface area contributed by atoms with E-state index in [2.05, 4.69) is 12.1 Å². The Balaban J connectivity index is 2.11. The molecule has 3 nitrogen and oxygen atoms in total. The molecule has 0 radical (unpaired) electrons. The highest BCUT2D eigenvalue weighted by atomic mass is 16.5. The quantitative estimate of drug-likeness (QED) is 0.573. The lowest BCUT2D eigenvalue weighted by Crippen LogP contribution is -2.36. The first-order valence-electron chi connectivity index (χ1n) is 7.38. The van der Waals surface area contributed by atoms with E-state index >= 15 is 0 Å². The Morgan fingerprint density at radius 2 is 1.50 bits per heavy atom. The van der Waals surface area contributed by atoms with Gasteiger partial charge in [0.25, 0.3) is 0 Å². The minimum Gasteiger partial charge on any atom is -0.382 e. The second-order valence-electron chi connectivity index (χ2n) is 5.62. The summed E-state index contributed by atoms with van der Waals surface area (Å²) < 4.78 is 10.6. The number of ketones is 1. The fraction of sp³-hybridized carbons (Fsp3) is 0.316. The molecule has 2 rings (SSSR count). The van der Waals surface area contributed by atoms with Crippen molar-refractivity contribution in [3.8, 4) is 11.1 Å². The number of carbonyl (C=O) groups is 1. The summed E-state index contributed by atoms with van der Waals surface area (Å²) in [5.41, 5.74) is 2.03. The lowest BCUT2D eigenvalue weighted by molar-refractivity contribution is -0.0234. The Bertz CT molecular complexity index is 600. The highest BCUT2D eigenvalue weighted by Gasteiger charge is 2.29. The summed E-state index contributed by atoms with van der Waals surface area (Å²) in [7, 11) is 1.61. The van der Waals surface area contributed by atoms with Gasteiger partial charge < -0.3 is 9.47 Å². The molecule has 0 unspecified atom stereocenters. The molecule has 0 aliphatic heterocycles. The van der Waals surface area contributed by atoms with Crippen LogP contribution in [0, 0.1) is 0 Å². The SMILES string of the molecule is COCCOC(C)(C)C(=O)c1ccc(-c2ccccc2)cc1. The number of hydrogen-bond acceptors (Lipinski definition) is 3. The molecule has 0 N–H and O–H groups in total. The number of methoxy groups -OCH3 is 1. The fourth-order valence-corrected chi connectivity index (χ4v) is 2.24. The summed E-state index contributed by atoms with van der Waals surface area (Å²) in [6.07, 6.45) is 0. The van der Waals surface area contributed by atoms with Crippen LogP contribution < -0.4 is 0 Å². The first-order chi connectivity index (χ1) is 10.5. The van der Waals surface area contributed by atoms with Gasteiger partial charge in [-0.2, -0.15) is 0 Å². The molecule has 0 heterocycles. The van der Waals surface area contributed by atoms with Crippen LogP contribution >= 0.6 is 0 Å². The molecule has 0 aliphatic carbocycles. The number of ether oxygens (including phenoxy) is 2. The zero-order valence-corrected chi connectivity index (χ0v) is 13.3. The number of rotatable bonds is 7. The van der Waals surface area contributed by atoms with Crippen LogP contribution in [0.1, 0.15) is 24.2 Å². The van der Waals surface area contributed by atoms with Gasteiger partial charge in [0, 0.05) is 12.7 Å². The Hall–Kier alpha value is -1.97. The molecule has 22 heavy (non-hydrogen) atoms. The van der Waals surface area contributed by atoms with Crippen LogP contribution in [-0.2, 0) is 9.47 Å². The normalized spacial score (nSPS) is 11.4. The second kappa shape index (κ2) is 7.34. The summed E-state index contributed by atoms with van der Waals surface area (Å²) in [4.78, 5) is 12.5. The van der Waals surface area contributed by atoms with Crippen LogP contribution in [-0.4, -0.2) is 31.7 Å². The van der Waals surface area contributed by atoms with Gasteiger partial charge in [0.2, 0.25) is 0 Å². The van der Waals surface area contributed by atoms with Gasteiger partial charge in [-0.3, -0.25) is 4.79 Å². The van der Waals surface area contributed by atoms with E-state index in [1.807, 2.05) is 42.5 Å². The highest BCUT2D eigenvalue weighted by molar-refractivity contribution is 6.02. The maximum absolute atomic E-state index is 12.5. The van der Waals surface area contributed by atoms with Crippen molar-refractivity contribution in [2.45, 2.75) is 19.4 Å². The Morgan fingerprint density at radius 1 is 0.909 bits per heavy atom. The van der Waals surface area contributed by atoms with Crippen molar-refractivity contribution >= 4 is 5.78 Å². The summed E-state index contributed by atoms with van der Waals surface area (Å²) in [5, 5.41) is 0. The Morgan fingerprint density at radius 3 is 2.09 bits per heavy atom. The zero-order chi connectivity index (χ0) is 16.0. The van der Waals surface area contributed by atoms with Gasteiger partial charge >= 0.3 is 0 Å². The first kappa shape index (κ1) is 16.4. The summed E-state index contributed by atoms with van der Waals surface area (Å²) in [6, 6.07) is 17.7. The lowest BCUT2D eigenvalue weighted by atomic mass is 9.94. The minimum atomic E-state index is -0.854. The van der Waals surface area contributed by atoms with Gasteiger partial charge in [-0.15, -0.1) is 0 Å². The van der Waals surface area contributed by atoms with Crippen molar-refractivity contribution in [1.82, 2.24) is 0 Å². The minimum absolute atomic E-state index is 0.0248. The Labute approximate surface area is 131 Å². The monoisotopic (exact) mass is 298 g/mol. The maximum Gasteiger partial charge on any atom is 0.194 e. The zero-order valence-electron chi connectivity index (χ0n) is 13.3. The van der Waals surface area contributed by atoms with Gasteiger partial charge in [-0.05, 0) is 25.0 Å². The molecule has 0 spiro atoms. The Kier molecular flexibility index (Phi) is 5.47. The van der Waals surface area contributed by atoms with E-state index in [1.165, 1.54) is 0 Å². The van der Waals surface area contributed by atoms with E-state index in [1.54, 1.807) is 21.0 Å². The predicted molar refractivity (Wildman–Crippen MR) is 88.1 cm³/mol. The van der Waals surface area contributed by atoms with E-state index in [-0.39, 0.29) is 5.78 Å². The first-order valence-corrected chi connectivity index (χ1v) is 7.38. The molecule has 0 fully saturated rings. The topological polar surface area (TPSA) is 35.5 Å². The average Bonchev–Trinajstić information content (AvgIpc) is 2.55. The molecule has 116 valence electrons. The molecular formula is C19H22O3. The van der Waals surface area contributed by atoms with Gasteiger partial charge in [0.15, 0.2) is 5.78 Å². The van der Waals surface area contributed by atoms with Crippen LogP contribution in [0.2, 0.25) is 0 Å². The summed E-state index contributed by atoms with van der Waals surface area (Å²) in [5.74, 6) is -0.0248.